The Kier molecular flexibility index (Phi) is 8.67. The van der Waals surface area contributed by atoms with Gasteiger partial charge in [0, 0.05) is 23.5 Å². The monoisotopic (exact) mass is 404 g/mol. The molecule has 0 spiro atoms. The Morgan fingerprint density at radius 1 is 1.04 bits per heavy atom. The van der Waals surface area contributed by atoms with Crippen molar-refractivity contribution in [3.8, 4) is 0 Å². The van der Waals surface area contributed by atoms with E-state index in [0.29, 0.717) is 0 Å². The molecule has 1 aliphatic carbocycles. The summed E-state index contributed by atoms with van der Waals surface area (Å²) in [5, 5.41) is 0. The summed E-state index contributed by atoms with van der Waals surface area (Å²) in [5.41, 5.74) is 1.81. The van der Waals surface area contributed by atoms with E-state index in [4.69, 9.17) is 9.47 Å². The minimum absolute atomic E-state index is 0.0202. The summed E-state index contributed by atoms with van der Waals surface area (Å²) in [6.45, 7) is 18.7. The average molecular weight is 405 g/mol. The summed E-state index contributed by atoms with van der Waals surface area (Å²) in [7, 11) is -1.30. The second-order valence-electron chi connectivity index (χ2n) is 9.36. The maximum atomic E-state index is 11.8. The Morgan fingerprint density at radius 3 is 2.21 bits per heavy atom. The first kappa shape index (κ1) is 24.2. The number of rotatable bonds is 9. The van der Waals surface area contributed by atoms with Gasteiger partial charge in [-0.3, -0.25) is 0 Å². The Bertz CT molecular complexity index is 639. The molecule has 0 N–H and O–H groups in total. The lowest BCUT2D eigenvalue weighted by molar-refractivity contribution is -0.152. The number of carbonyl (C=O) groups excluding carboxylic acids is 2. The predicted octanol–water partition coefficient (Wildman–Crippen LogP) is 5.25. The van der Waals surface area contributed by atoms with E-state index in [1.165, 1.54) is 12.2 Å². The summed E-state index contributed by atoms with van der Waals surface area (Å²) >= 11 is 0. The van der Waals surface area contributed by atoms with E-state index in [2.05, 4.69) is 70.6 Å². The molecule has 0 amide bonds. The van der Waals surface area contributed by atoms with Crippen molar-refractivity contribution in [1.82, 2.24) is 0 Å². The zero-order valence-electron chi connectivity index (χ0n) is 18.1. The molecule has 0 aromatic carbocycles. The highest BCUT2D eigenvalue weighted by atomic mass is 28.3. The Hall–Kier alpha value is -1.88. The summed E-state index contributed by atoms with van der Waals surface area (Å²) in [5.74, 6) is -0.844. The Labute approximate surface area is 171 Å². The van der Waals surface area contributed by atoms with Crippen LogP contribution in [-0.2, 0) is 19.1 Å². The first-order valence-corrected chi connectivity index (χ1v) is 13.5. The molecule has 0 unspecified atom stereocenters. The van der Waals surface area contributed by atoms with E-state index in [-0.39, 0.29) is 24.5 Å². The molecule has 1 aliphatic rings. The van der Waals surface area contributed by atoms with Crippen LogP contribution in [0.5, 0.6) is 0 Å². The van der Waals surface area contributed by atoms with Crippen molar-refractivity contribution in [1.29, 1.82) is 0 Å². The van der Waals surface area contributed by atoms with E-state index in [1.807, 2.05) is 0 Å². The SMILES string of the molecule is C=CC(=O)OC[C@@H]1C(C)(C)CCC[C@]1(/C=C/C=C/[Si](C)(C)C)COC(=O)C=C. The van der Waals surface area contributed by atoms with Crippen LogP contribution in [0.15, 0.2) is 49.2 Å². The first-order chi connectivity index (χ1) is 13.0. The molecule has 156 valence electrons. The fourth-order valence-corrected chi connectivity index (χ4v) is 4.58. The molecule has 1 saturated carbocycles. The Balaban J connectivity index is 3.23. The van der Waals surface area contributed by atoms with Crippen LogP contribution in [0.4, 0.5) is 0 Å². The van der Waals surface area contributed by atoms with Gasteiger partial charge in [0.05, 0.1) is 14.7 Å². The van der Waals surface area contributed by atoms with Gasteiger partial charge in [-0.1, -0.05) is 77.0 Å². The molecule has 28 heavy (non-hydrogen) atoms. The number of allylic oxidation sites excluding steroid dienone is 2. The molecule has 5 heteroatoms. The van der Waals surface area contributed by atoms with Crippen molar-refractivity contribution in [3.05, 3.63) is 49.2 Å². The van der Waals surface area contributed by atoms with Gasteiger partial charge >= 0.3 is 11.9 Å². The van der Waals surface area contributed by atoms with Crippen molar-refractivity contribution in [2.45, 2.75) is 52.8 Å². The summed E-state index contributed by atoms with van der Waals surface area (Å²) in [6.07, 6.45) is 11.6. The third kappa shape index (κ3) is 7.27. The van der Waals surface area contributed by atoms with Gasteiger partial charge in [0.2, 0.25) is 0 Å². The topological polar surface area (TPSA) is 52.6 Å². The summed E-state index contributed by atoms with van der Waals surface area (Å²) in [6, 6.07) is 0. The standard InChI is InChI=1S/C23H36O4Si/c1-8-20(24)26-17-19-22(3,4)13-12-15-23(19,18-27-21(25)9-2)14-10-11-16-28(5,6)7/h8-11,14,16,19H,1-2,12-13,15,17-18H2,3-7H3/b14-10+,16-11+/t19-,23-/m1/s1. The third-order valence-electron chi connectivity index (χ3n) is 5.44. The maximum Gasteiger partial charge on any atom is 0.330 e. The van der Waals surface area contributed by atoms with Gasteiger partial charge in [-0.05, 0) is 18.3 Å². The van der Waals surface area contributed by atoms with E-state index in [0.717, 1.165) is 19.3 Å². The normalized spacial score (nSPS) is 24.8. The van der Waals surface area contributed by atoms with Gasteiger partial charge in [-0.25, -0.2) is 9.59 Å². The molecule has 1 fully saturated rings. The minimum atomic E-state index is -1.30. The fraction of sp³-hybridized carbons (Fsp3) is 0.565. The molecule has 0 aromatic heterocycles. The van der Waals surface area contributed by atoms with Crippen LogP contribution in [-0.4, -0.2) is 33.2 Å². The summed E-state index contributed by atoms with van der Waals surface area (Å²) < 4.78 is 11.0. The van der Waals surface area contributed by atoms with E-state index in [1.54, 1.807) is 0 Å². The fourth-order valence-electron chi connectivity index (χ4n) is 3.89. The van der Waals surface area contributed by atoms with Crippen LogP contribution in [0.25, 0.3) is 0 Å². The van der Waals surface area contributed by atoms with Gasteiger partial charge in [-0.15, -0.1) is 0 Å². The number of hydrogen-bond acceptors (Lipinski definition) is 4. The quantitative estimate of drug-likeness (QED) is 0.228. The zero-order valence-corrected chi connectivity index (χ0v) is 19.1. The largest absolute Gasteiger partial charge is 0.462 e. The smallest absolute Gasteiger partial charge is 0.330 e. The van der Waals surface area contributed by atoms with Crippen LogP contribution in [0, 0.1) is 16.7 Å². The van der Waals surface area contributed by atoms with E-state index >= 15 is 0 Å². The highest BCUT2D eigenvalue weighted by Gasteiger charge is 2.49. The molecule has 0 bridgehead atoms. The molecule has 2 atom stereocenters. The highest BCUT2D eigenvalue weighted by molar-refractivity contribution is 6.80. The molecule has 1 rings (SSSR count). The van der Waals surface area contributed by atoms with Crippen molar-refractivity contribution >= 4 is 20.0 Å². The number of ether oxygens (including phenoxy) is 2. The van der Waals surface area contributed by atoms with E-state index in [9.17, 15) is 9.59 Å². The lowest BCUT2D eigenvalue weighted by atomic mass is 9.56. The molecular formula is C23H36O4Si. The van der Waals surface area contributed by atoms with Crippen molar-refractivity contribution in [2.24, 2.45) is 16.7 Å². The second-order valence-corrected chi connectivity index (χ2v) is 14.4. The third-order valence-corrected chi connectivity index (χ3v) is 6.64. The first-order valence-electron chi connectivity index (χ1n) is 9.91. The van der Waals surface area contributed by atoms with Crippen LogP contribution in [0.3, 0.4) is 0 Å². The van der Waals surface area contributed by atoms with Crippen molar-refractivity contribution in [2.75, 3.05) is 13.2 Å². The van der Waals surface area contributed by atoms with Crippen LogP contribution in [0.1, 0.15) is 33.1 Å². The lowest BCUT2D eigenvalue weighted by Crippen LogP contribution is -2.48. The molecule has 0 radical (unpaired) electrons. The van der Waals surface area contributed by atoms with Crippen LogP contribution >= 0.6 is 0 Å². The van der Waals surface area contributed by atoms with E-state index < -0.39 is 25.4 Å². The van der Waals surface area contributed by atoms with Crippen molar-refractivity contribution in [3.63, 3.8) is 0 Å². The Morgan fingerprint density at radius 2 is 1.64 bits per heavy atom. The molecule has 0 aliphatic heterocycles. The minimum Gasteiger partial charge on any atom is -0.462 e. The average Bonchev–Trinajstić information content (AvgIpc) is 2.61. The van der Waals surface area contributed by atoms with Gasteiger partial charge in [0.15, 0.2) is 0 Å². The summed E-state index contributed by atoms with van der Waals surface area (Å²) in [4.78, 5) is 23.5. The number of carbonyl (C=O) groups is 2. The predicted molar refractivity (Wildman–Crippen MR) is 117 cm³/mol. The maximum absolute atomic E-state index is 11.8. The number of hydrogen-bond donors (Lipinski definition) is 0. The van der Waals surface area contributed by atoms with Crippen LogP contribution in [0.2, 0.25) is 19.6 Å². The van der Waals surface area contributed by atoms with Gasteiger partial charge < -0.3 is 9.47 Å². The molecule has 0 aromatic rings. The van der Waals surface area contributed by atoms with Gasteiger partial charge in [-0.2, -0.15) is 0 Å². The second kappa shape index (κ2) is 10.1. The van der Waals surface area contributed by atoms with Gasteiger partial charge in [0.25, 0.3) is 0 Å². The zero-order chi connectivity index (χ0) is 21.4. The lowest BCUT2D eigenvalue weighted by Gasteiger charge is -2.50. The van der Waals surface area contributed by atoms with Crippen LogP contribution < -0.4 is 0 Å². The molecule has 0 heterocycles. The molecule has 0 saturated heterocycles. The molecular weight excluding hydrogens is 368 g/mol. The number of esters is 2. The van der Waals surface area contributed by atoms with Crippen molar-refractivity contribution < 1.29 is 19.1 Å². The highest BCUT2D eigenvalue weighted by Crippen LogP contribution is 2.52. The van der Waals surface area contributed by atoms with Gasteiger partial charge in [0.1, 0.15) is 6.61 Å². The molecule has 4 nitrogen and oxygen atoms in total.